The number of benzene rings is 9. The molecule has 3 N–H and O–H groups in total. The Hall–Kier alpha value is -10.0. The van der Waals surface area contributed by atoms with Crippen molar-refractivity contribution in [3.8, 4) is 78.1 Å². The van der Waals surface area contributed by atoms with Gasteiger partial charge in [0.25, 0.3) is 10.0 Å². The molecule has 0 atom stereocenters. The standard InChI is InChI=1S/C72H57ClN6O6S3/c1-51-45-62(76-87(82,83)50-53-13-7-3-8-14-53)31-38-66(51)70-46-74-42-39-67(70)55-21-32-63(33-22-55)79-44-41-69(72(48-79)57-17-27-60(28-18-57)75-86(80,81)49-52-11-5-2-6-12-52)56-23-34-64(35-24-56)78-43-40-68(54-15-9-4-10-16-54)71(47-78)58-19-29-61(30-20-58)77-88(84,85)65-36-25-59(73)26-37-65/h2-48,75-77H,49-50H2,1H3/q+2. The number of anilines is 3. The van der Waals surface area contributed by atoms with Crippen LogP contribution in [0.2, 0.25) is 5.02 Å². The summed E-state index contributed by atoms with van der Waals surface area (Å²) in [6, 6.07) is 77.3. The van der Waals surface area contributed by atoms with Crippen LogP contribution in [0, 0.1) is 6.92 Å². The number of aromatic nitrogens is 3. The van der Waals surface area contributed by atoms with Crippen LogP contribution in [-0.4, -0.2) is 30.2 Å². The molecule has 0 aliphatic heterocycles. The summed E-state index contributed by atoms with van der Waals surface area (Å²) < 4.78 is 91.7. The number of hydrogen-bond donors (Lipinski definition) is 3. The highest BCUT2D eigenvalue weighted by Crippen LogP contribution is 2.37. The average molecular weight is 1230 g/mol. The number of hydrogen-bond acceptors (Lipinski definition) is 7. The van der Waals surface area contributed by atoms with Crippen LogP contribution in [-0.2, 0) is 41.6 Å². The third kappa shape index (κ3) is 13.6. The van der Waals surface area contributed by atoms with Gasteiger partial charge in [-0.25, -0.2) is 25.3 Å². The molecule has 0 spiro atoms. The molecule has 434 valence electrons. The summed E-state index contributed by atoms with van der Waals surface area (Å²) in [7, 11) is -11.2. The van der Waals surface area contributed by atoms with Gasteiger partial charge in [0.2, 0.25) is 31.4 Å². The Kier molecular flexibility index (Phi) is 16.7. The van der Waals surface area contributed by atoms with Crippen LogP contribution < -0.4 is 23.3 Å². The van der Waals surface area contributed by atoms with Gasteiger partial charge in [0.15, 0.2) is 24.8 Å². The molecule has 0 radical (unpaired) electrons. The first-order chi connectivity index (χ1) is 42.6. The van der Waals surface area contributed by atoms with Gasteiger partial charge in [-0.2, -0.15) is 9.13 Å². The van der Waals surface area contributed by atoms with E-state index in [-0.39, 0.29) is 16.4 Å². The van der Waals surface area contributed by atoms with Crippen molar-refractivity contribution in [3.05, 3.63) is 308 Å². The first-order valence-corrected chi connectivity index (χ1v) is 33.3. The van der Waals surface area contributed by atoms with Crippen molar-refractivity contribution >= 4 is 58.7 Å². The average Bonchev–Trinajstić information content (AvgIpc) is 1.89. The van der Waals surface area contributed by atoms with Gasteiger partial charge in [-0.15, -0.1) is 0 Å². The predicted molar refractivity (Wildman–Crippen MR) is 352 cm³/mol. The molecule has 12 nitrogen and oxygen atoms in total. The lowest BCUT2D eigenvalue weighted by atomic mass is 9.93. The first kappa shape index (κ1) is 58.4. The van der Waals surface area contributed by atoms with Gasteiger partial charge in [-0.05, 0) is 154 Å². The molecule has 12 aromatic rings. The first-order valence-electron chi connectivity index (χ1n) is 28.1. The molecule has 0 amide bonds. The maximum absolute atomic E-state index is 13.3. The van der Waals surface area contributed by atoms with Gasteiger partial charge >= 0.3 is 0 Å². The van der Waals surface area contributed by atoms with E-state index < -0.39 is 30.1 Å². The van der Waals surface area contributed by atoms with Gasteiger partial charge in [0.1, 0.15) is 0 Å². The molecular weight excluding hydrogens is 1180 g/mol. The Balaban J connectivity index is 0.846. The van der Waals surface area contributed by atoms with E-state index in [0.29, 0.717) is 33.2 Å². The Morgan fingerprint density at radius 2 is 0.795 bits per heavy atom. The van der Waals surface area contributed by atoms with Crippen LogP contribution in [0.5, 0.6) is 0 Å². The van der Waals surface area contributed by atoms with E-state index in [2.05, 4.69) is 113 Å². The maximum atomic E-state index is 13.3. The molecule has 3 aromatic heterocycles. The second kappa shape index (κ2) is 25.1. The highest BCUT2D eigenvalue weighted by atomic mass is 35.5. The maximum Gasteiger partial charge on any atom is 0.261 e. The van der Waals surface area contributed by atoms with E-state index in [4.69, 9.17) is 11.6 Å². The Labute approximate surface area is 517 Å². The fraction of sp³-hybridized carbons (Fsp3) is 0.0417. The summed E-state index contributed by atoms with van der Waals surface area (Å²) in [5, 5.41) is 0.444. The van der Waals surface area contributed by atoms with Crippen molar-refractivity contribution in [2.45, 2.75) is 23.3 Å². The van der Waals surface area contributed by atoms with Crippen LogP contribution in [0.4, 0.5) is 17.1 Å². The lowest BCUT2D eigenvalue weighted by molar-refractivity contribution is -0.595. The Morgan fingerprint density at radius 1 is 0.386 bits per heavy atom. The summed E-state index contributed by atoms with van der Waals surface area (Å²) in [6.45, 7) is 1.96. The quantitative estimate of drug-likeness (QED) is 0.0680. The third-order valence-electron chi connectivity index (χ3n) is 15.0. The van der Waals surface area contributed by atoms with Gasteiger partial charge in [-0.1, -0.05) is 133 Å². The highest BCUT2D eigenvalue weighted by molar-refractivity contribution is 7.93. The van der Waals surface area contributed by atoms with Crippen LogP contribution in [0.25, 0.3) is 78.1 Å². The summed E-state index contributed by atoms with van der Waals surface area (Å²) >= 11 is 6.03. The Bertz CT molecular complexity index is 4840. The molecule has 0 aliphatic carbocycles. The minimum atomic E-state index is -3.86. The van der Waals surface area contributed by atoms with Gasteiger partial charge in [-0.3, -0.25) is 19.2 Å². The largest absolute Gasteiger partial charge is 0.283 e. The molecule has 0 unspecified atom stereocenters. The normalized spacial score (nSPS) is 11.7. The number of halogens is 1. The molecule has 0 saturated carbocycles. The summed E-state index contributed by atoms with van der Waals surface area (Å²) in [5.74, 6) is -0.295. The molecule has 0 aliphatic rings. The zero-order valence-corrected chi connectivity index (χ0v) is 50.6. The number of aryl methyl sites for hydroxylation is 1. The van der Waals surface area contributed by atoms with E-state index in [0.717, 1.165) is 83.7 Å². The van der Waals surface area contributed by atoms with Gasteiger partial charge in [0.05, 0.1) is 27.5 Å². The molecule has 0 fully saturated rings. The number of sulfonamides is 3. The molecule has 12 rings (SSSR count). The lowest BCUT2D eigenvalue weighted by Gasteiger charge is -2.14. The fourth-order valence-corrected chi connectivity index (χ4v) is 14.3. The smallest absolute Gasteiger partial charge is 0.261 e. The van der Waals surface area contributed by atoms with Crippen LogP contribution in [0.15, 0.2) is 291 Å². The molecule has 0 saturated heterocycles. The number of nitrogens with zero attached hydrogens (tertiary/aromatic N) is 3. The van der Waals surface area contributed by atoms with Crippen molar-refractivity contribution in [2.24, 2.45) is 0 Å². The number of rotatable bonds is 19. The monoisotopic (exact) mass is 1230 g/mol. The van der Waals surface area contributed by atoms with Gasteiger partial charge < -0.3 is 0 Å². The lowest BCUT2D eigenvalue weighted by Crippen LogP contribution is -2.30. The topological polar surface area (TPSA) is 159 Å². The minimum Gasteiger partial charge on any atom is -0.283 e. The van der Waals surface area contributed by atoms with Crippen LogP contribution in [0.1, 0.15) is 16.7 Å². The second-order valence-electron chi connectivity index (χ2n) is 21.2. The van der Waals surface area contributed by atoms with E-state index in [1.54, 1.807) is 72.9 Å². The minimum absolute atomic E-state index is 0.106. The van der Waals surface area contributed by atoms with Gasteiger partial charge in [0, 0.05) is 87.6 Å². The Morgan fingerprint density at radius 3 is 1.28 bits per heavy atom. The summed E-state index contributed by atoms with van der Waals surface area (Å²) in [6.07, 6.45) is 11.8. The fourth-order valence-electron chi connectivity index (χ4n) is 10.7. The SMILES string of the molecule is Cc1cc(NS(=O)(=O)Cc2ccccc2)ccc1-c1cnccc1-c1ccc(-[n+]2ccc(-c3ccc(-[n+]4ccc(-c5ccccc5)c(-c5ccc(NS(=O)(=O)c6ccc(Cl)cc6)cc5)c4)cc3)c(-c3ccc(NS(=O)(=O)Cc4ccccc4)cc3)c2)cc1. The second-order valence-corrected chi connectivity index (χ2v) is 26.7. The van der Waals surface area contributed by atoms with Crippen molar-refractivity contribution in [1.82, 2.24) is 4.98 Å². The van der Waals surface area contributed by atoms with Crippen molar-refractivity contribution in [1.29, 1.82) is 0 Å². The van der Waals surface area contributed by atoms with E-state index >= 15 is 0 Å². The molecule has 88 heavy (non-hydrogen) atoms. The zero-order chi connectivity index (χ0) is 60.8. The third-order valence-corrected chi connectivity index (χ3v) is 19.2. The van der Waals surface area contributed by atoms with Crippen molar-refractivity contribution in [2.75, 3.05) is 14.2 Å². The number of nitrogens with one attached hydrogen (secondary N) is 3. The molecule has 16 heteroatoms. The molecule has 9 aromatic carbocycles. The van der Waals surface area contributed by atoms with E-state index in [9.17, 15) is 25.3 Å². The number of pyridine rings is 3. The zero-order valence-electron chi connectivity index (χ0n) is 47.4. The highest BCUT2D eigenvalue weighted by Gasteiger charge is 2.22. The van der Waals surface area contributed by atoms with E-state index in [1.807, 2.05) is 123 Å². The summed E-state index contributed by atoms with van der Waals surface area (Å²) in [4.78, 5) is 4.60. The van der Waals surface area contributed by atoms with Crippen molar-refractivity contribution in [3.63, 3.8) is 0 Å². The molecule has 0 bridgehead atoms. The van der Waals surface area contributed by atoms with Crippen LogP contribution in [0.3, 0.4) is 0 Å². The van der Waals surface area contributed by atoms with Crippen molar-refractivity contribution < 1.29 is 34.4 Å². The summed E-state index contributed by atoms with van der Waals surface area (Å²) in [5.41, 5.74) is 16.7. The molecule has 3 heterocycles. The van der Waals surface area contributed by atoms with Crippen LogP contribution >= 0.6 is 11.6 Å². The molecular formula is C72H57ClN6O6S3+2. The van der Waals surface area contributed by atoms with E-state index in [1.165, 1.54) is 12.1 Å². The predicted octanol–water partition coefficient (Wildman–Crippen LogP) is 15.3.